The zero-order valence-corrected chi connectivity index (χ0v) is 17.5. The number of benzene rings is 2. The summed E-state index contributed by atoms with van der Waals surface area (Å²) >= 11 is 0. The third-order valence-electron chi connectivity index (χ3n) is 6.57. The molecule has 0 unspecified atom stereocenters. The average molecular weight is 403 g/mol. The van der Waals surface area contributed by atoms with Crippen LogP contribution in [0.2, 0.25) is 0 Å². The predicted molar refractivity (Wildman–Crippen MR) is 122 cm³/mol. The molecule has 2 aromatic carbocycles. The number of H-pyrrole nitrogens is 1. The number of rotatable bonds is 5. The van der Waals surface area contributed by atoms with Gasteiger partial charge in [-0.2, -0.15) is 0 Å². The summed E-state index contributed by atoms with van der Waals surface area (Å²) in [6, 6.07) is 16.7. The normalized spacial score (nSPS) is 17.1. The van der Waals surface area contributed by atoms with E-state index in [0.717, 1.165) is 56.6 Å². The Morgan fingerprint density at radius 2 is 1.77 bits per heavy atom. The number of carbonyl (C=O) groups excluding carboxylic acids is 1. The number of amides is 1. The molecule has 5 nitrogen and oxygen atoms in total. The highest BCUT2D eigenvalue weighted by Crippen LogP contribution is 2.29. The van der Waals surface area contributed by atoms with Crippen LogP contribution in [0.4, 0.5) is 5.69 Å². The number of hydrogen-bond donors (Lipinski definition) is 2. The first-order chi connectivity index (χ1) is 14.8. The second kappa shape index (κ2) is 8.52. The molecule has 156 valence electrons. The van der Waals surface area contributed by atoms with Gasteiger partial charge in [0.1, 0.15) is 0 Å². The minimum absolute atomic E-state index is 0.0329. The zero-order valence-electron chi connectivity index (χ0n) is 17.5. The lowest BCUT2D eigenvalue weighted by atomic mass is 9.95. The van der Waals surface area contributed by atoms with E-state index in [1.807, 2.05) is 6.07 Å². The van der Waals surface area contributed by atoms with Crippen molar-refractivity contribution in [2.45, 2.75) is 25.7 Å². The molecule has 5 rings (SSSR count). The number of carbonyl (C=O) groups is 1. The van der Waals surface area contributed by atoms with E-state index in [1.165, 1.54) is 35.2 Å². The molecule has 5 heteroatoms. The van der Waals surface area contributed by atoms with Crippen molar-refractivity contribution in [1.29, 1.82) is 0 Å². The maximum absolute atomic E-state index is 12.7. The van der Waals surface area contributed by atoms with E-state index < -0.39 is 0 Å². The van der Waals surface area contributed by atoms with E-state index in [4.69, 9.17) is 0 Å². The lowest BCUT2D eigenvalue weighted by Gasteiger charge is -2.36. The van der Waals surface area contributed by atoms with Crippen LogP contribution in [0.25, 0.3) is 10.9 Å². The minimum Gasteiger partial charge on any atom is -0.369 e. The SMILES string of the molecule is O=C(NCCN1CCN(c2ccccc2)CC1)c1ccc2[nH]c3c(c2c1)CCCC3. The summed E-state index contributed by atoms with van der Waals surface area (Å²) in [7, 11) is 0. The number of piperazine rings is 1. The van der Waals surface area contributed by atoms with Crippen molar-refractivity contribution < 1.29 is 4.79 Å². The summed E-state index contributed by atoms with van der Waals surface area (Å²) in [5.41, 5.74) is 6.01. The Bertz CT molecular complexity index is 1020. The topological polar surface area (TPSA) is 51.4 Å². The highest BCUT2D eigenvalue weighted by Gasteiger charge is 2.18. The molecule has 1 aliphatic carbocycles. The van der Waals surface area contributed by atoms with Gasteiger partial charge in [0, 0.05) is 67.1 Å². The lowest BCUT2D eigenvalue weighted by Crippen LogP contribution is -2.48. The summed E-state index contributed by atoms with van der Waals surface area (Å²) in [6.07, 6.45) is 4.75. The maximum atomic E-state index is 12.7. The van der Waals surface area contributed by atoms with Crippen LogP contribution in [-0.4, -0.2) is 55.1 Å². The Hall–Kier alpha value is -2.79. The second-order valence-electron chi connectivity index (χ2n) is 8.47. The molecule has 2 heterocycles. The number of nitrogens with one attached hydrogen (secondary N) is 2. The number of aromatic nitrogens is 1. The number of hydrogen-bond acceptors (Lipinski definition) is 3. The van der Waals surface area contributed by atoms with Gasteiger partial charge in [0.05, 0.1) is 0 Å². The van der Waals surface area contributed by atoms with E-state index in [-0.39, 0.29) is 5.91 Å². The smallest absolute Gasteiger partial charge is 0.251 e. The predicted octanol–water partition coefficient (Wildman–Crippen LogP) is 3.60. The molecule has 0 atom stereocenters. The molecule has 0 spiro atoms. The van der Waals surface area contributed by atoms with Gasteiger partial charge in [-0.15, -0.1) is 0 Å². The number of aryl methyl sites for hydroxylation is 2. The first-order valence-electron chi connectivity index (χ1n) is 11.2. The molecule has 0 radical (unpaired) electrons. The van der Waals surface area contributed by atoms with Crippen molar-refractivity contribution in [3.8, 4) is 0 Å². The van der Waals surface area contributed by atoms with Gasteiger partial charge < -0.3 is 15.2 Å². The molecule has 0 bridgehead atoms. The van der Waals surface area contributed by atoms with Crippen molar-refractivity contribution in [2.75, 3.05) is 44.2 Å². The Labute approximate surface area is 178 Å². The van der Waals surface area contributed by atoms with E-state index in [2.05, 4.69) is 62.6 Å². The second-order valence-corrected chi connectivity index (χ2v) is 8.47. The average Bonchev–Trinajstić information content (AvgIpc) is 3.18. The molecule has 1 amide bonds. The first-order valence-corrected chi connectivity index (χ1v) is 11.2. The van der Waals surface area contributed by atoms with Crippen molar-refractivity contribution in [3.63, 3.8) is 0 Å². The first kappa shape index (κ1) is 19.2. The Morgan fingerprint density at radius 1 is 0.967 bits per heavy atom. The quantitative estimate of drug-likeness (QED) is 0.686. The van der Waals surface area contributed by atoms with Crippen LogP contribution in [0.3, 0.4) is 0 Å². The van der Waals surface area contributed by atoms with Gasteiger partial charge in [-0.05, 0) is 61.6 Å². The molecular formula is C25H30N4O. The molecule has 30 heavy (non-hydrogen) atoms. The lowest BCUT2D eigenvalue weighted by molar-refractivity contribution is 0.0948. The number of fused-ring (bicyclic) bond motifs is 3. The standard InChI is InChI=1S/C25H30N4O/c30-25(19-10-11-24-22(18-19)21-8-4-5-9-23(21)27-24)26-12-13-28-14-16-29(17-15-28)20-6-2-1-3-7-20/h1-3,6-7,10-11,18,27H,4-5,8-9,12-17H2,(H,26,30). The Balaban J connectivity index is 1.13. The van der Waals surface area contributed by atoms with Crippen LogP contribution in [0, 0.1) is 0 Å². The third-order valence-corrected chi connectivity index (χ3v) is 6.57. The monoisotopic (exact) mass is 402 g/mol. The minimum atomic E-state index is 0.0329. The fourth-order valence-electron chi connectivity index (χ4n) is 4.85. The summed E-state index contributed by atoms with van der Waals surface area (Å²) in [6.45, 7) is 5.72. The Morgan fingerprint density at radius 3 is 2.60 bits per heavy atom. The highest BCUT2D eigenvalue weighted by molar-refractivity contribution is 5.99. The van der Waals surface area contributed by atoms with Crippen LogP contribution in [0.5, 0.6) is 0 Å². The van der Waals surface area contributed by atoms with Crippen LogP contribution >= 0.6 is 0 Å². The van der Waals surface area contributed by atoms with Crippen molar-refractivity contribution >= 4 is 22.5 Å². The summed E-state index contributed by atoms with van der Waals surface area (Å²) in [5.74, 6) is 0.0329. The van der Waals surface area contributed by atoms with Gasteiger partial charge in [0.25, 0.3) is 5.91 Å². The van der Waals surface area contributed by atoms with Gasteiger partial charge in [0.15, 0.2) is 0 Å². The third kappa shape index (κ3) is 3.94. The molecule has 1 aromatic heterocycles. The Kier molecular flexibility index (Phi) is 5.45. The molecule has 3 aromatic rings. The van der Waals surface area contributed by atoms with Crippen molar-refractivity contribution in [2.24, 2.45) is 0 Å². The van der Waals surface area contributed by atoms with E-state index in [0.29, 0.717) is 6.54 Å². The number of anilines is 1. The number of para-hydroxylation sites is 1. The van der Waals surface area contributed by atoms with E-state index >= 15 is 0 Å². The van der Waals surface area contributed by atoms with Gasteiger partial charge in [-0.1, -0.05) is 18.2 Å². The molecule has 2 N–H and O–H groups in total. The molecule has 1 fully saturated rings. The summed E-state index contributed by atoms with van der Waals surface area (Å²) in [4.78, 5) is 21.1. The number of nitrogens with zero attached hydrogens (tertiary/aromatic N) is 2. The van der Waals surface area contributed by atoms with Gasteiger partial charge in [-0.3, -0.25) is 9.69 Å². The highest BCUT2D eigenvalue weighted by atomic mass is 16.1. The molecule has 1 saturated heterocycles. The van der Waals surface area contributed by atoms with Gasteiger partial charge >= 0.3 is 0 Å². The fourth-order valence-corrected chi connectivity index (χ4v) is 4.85. The molecular weight excluding hydrogens is 372 g/mol. The number of aromatic amines is 1. The van der Waals surface area contributed by atoms with Crippen LogP contribution in [0.15, 0.2) is 48.5 Å². The molecule has 2 aliphatic rings. The zero-order chi connectivity index (χ0) is 20.3. The van der Waals surface area contributed by atoms with Crippen LogP contribution < -0.4 is 10.2 Å². The van der Waals surface area contributed by atoms with Gasteiger partial charge in [-0.25, -0.2) is 0 Å². The maximum Gasteiger partial charge on any atom is 0.251 e. The van der Waals surface area contributed by atoms with Crippen molar-refractivity contribution in [3.05, 3.63) is 65.4 Å². The largest absolute Gasteiger partial charge is 0.369 e. The van der Waals surface area contributed by atoms with Crippen molar-refractivity contribution in [1.82, 2.24) is 15.2 Å². The van der Waals surface area contributed by atoms with Crippen LogP contribution in [-0.2, 0) is 12.8 Å². The molecule has 0 saturated carbocycles. The summed E-state index contributed by atoms with van der Waals surface area (Å²) < 4.78 is 0. The van der Waals surface area contributed by atoms with E-state index in [9.17, 15) is 4.79 Å². The molecule has 1 aliphatic heterocycles. The summed E-state index contributed by atoms with van der Waals surface area (Å²) in [5, 5.41) is 4.35. The van der Waals surface area contributed by atoms with Crippen LogP contribution in [0.1, 0.15) is 34.5 Å². The van der Waals surface area contributed by atoms with E-state index in [1.54, 1.807) is 0 Å². The fraction of sp³-hybridized carbons (Fsp3) is 0.400. The van der Waals surface area contributed by atoms with Gasteiger partial charge in [0.2, 0.25) is 0 Å².